The van der Waals surface area contributed by atoms with Crippen LogP contribution in [0.3, 0.4) is 0 Å². The van der Waals surface area contributed by atoms with Crippen LogP contribution in [0, 0.1) is 0 Å². The highest BCUT2D eigenvalue weighted by molar-refractivity contribution is 6.67. The minimum absolute atomic E-state index is 0.0345. The number of hydrogen-bond donors (Lipinski definition) is 1. The van der Waals surface area contributed by atoms with Gasteiger partial charge in [0, 0.05) is 11.1 Å². The molecule has 0 fully saturated rings. The van der Waals surface area contributed by atoms with E-state index in [4.69, 9.17) is 16.7 Å². The maximum Gasteiger partial charge on any atom is 0.331 e. The maximum atomic E-state index is 10.4. The summed E-state index contributed by atoms with van der Waals surface area (Å²) < 4.78 is 0. The number of halogens is 1. The van der Waals surface area contributed by atoms with Crippen LogP contribution in [-0.2, 0) is 9.59 Å². The molecule has 3 nitrogen and oxygen atoms in total. The Morgan fingerprint density at radius 1 is 1.58 bits per heavy atom. The van der Waals surface area contributed by atoms with Crippen molar-refractivity contribution in [1.29, 1.82) is 0 Å². The maximum absolute atomic E-state index is 10.4. The summed E-state index contributed by atoms with van der Waals surface area (Å²) in [6, 6.07) is 0. The molecule has 66 valence electrons. The minimum atomic E-state index is -1.07. The fourth-order valence-electron chi connectivity index (χ4n) is 0.444. The lowest BCUT2D eigenvalue weighted by atomic mass is 10.1. The molecule has 0 aliphatic rings. The third-order valence-electron chi connectivity index (χ3n) is 1.27. The Kier molecular flexibility index (Phi) is 4.29. The molecule has 0 rings (SSSR count). The van der Waals surface area contributed by atoms with E-state index in [0.717, 1.165) is 0 Å². The van der Waals surface area contributed by atoms with Gasteiger partial charge in [0.25, 0.3) is 0 Å². The molecule has 0 aromatic rings. The average Bonchev–Trinajstić information content (AvgIpc) is 1.98. The van der Waals surface area contributed by atoms with Gasteiger partial charge in [-0.15, -0.1) is 0 Å². The SMILES string of the molecule is C=C(CC=C(C)C(=O)Cl)C(=O)O. The van der Waals surface area contributed by atoms with Gasteiger partial charge >= 0.3 is 5.97 Å². The summed E-state index contributed by atoms with van der Waals surface area (Å²) in [5.74, 6) is -1.07. The molecule has 0 unspecified atom stereocenters. The Balaban J connectivity index is 4.14. The van der Waals surface area contributed by atoms with Gasteiger partial charge in [0.05, 0.1) is 0 Å². The number of carbonyl (C=O) groups is 2. The number of hydrogen-bond acceptors (Lipinski definition) is 2. The molecule has 0 heterocycles. The first-order valence-electron chi connectivity index (χ1n) is 3.22. The zero-order valence-electron chi connectivity index (χ0n) is 6.63. The van der Waals surface area contributed by atoms with Crippen LogP contribution in [0.5, 0.6) is 0 Å². The second-order valence-corrected chi connectivity index (χ2v) is 2.62. The lowest BCUT2D eigenvalue weighted by Crippen LogP contribution is -1.98. The van der Waals surface area contributed by atoms with E-state index in [2.05, 4.69) is 6.58 Å². The Morgan fingerprint density at radius 3 is 2.42 bits per heavy atom. The standard InChI is InChI=1S/C8H9ClO3/c1-5(7(9)10)3-4-6(2)8(11)12/h3H,2,4H2,1H3,(H,11,12). The molecule has 0 aromatic heterocycles. The summed E-state index contributed by atoms with van der Waals surface area (Å²) >= 11 is 5.11. The lowest BCUT2D eigenvalue weighted by Gasteiger charge is -1.94. The van der Waals surface area contributed by atoms with Crippen molar-refractivity contribution in [1.82, 2.24) is 0 Å². The Bertz CT molecular complexity index is 253. The van der Waals surface area contributed by atoms with E-state index in [1.807, 2.05) is 0 Å². The van der Waals surface area contributed by atoms with E-state index in [-0.39, 0.29) is 12.0 Å². The highest BCUT2D eigenvalue weighted by Crippen LogP contribution is 2.05. The molecule has 0 spiro atoms. The van der Waals surface area contributed by atoms with Gasteiger partial charge in [-0.2, -0.15) is 0 Å². The molecule has 0 aliphatic heterocycles. The zero-order chi connectivity index (χ0) is 9.72. The van der Waals surface area contributed by atoms with Crippen molar-refractivity contribution < 1.29 is 14.7 Å². The molecule has 0 bridgehead atoms. The molecule has 0 aromatic carbocycles. The molecular weight excluding hydrogens is 180 g/mol. The van der Waals surface area contributed by atoms with Gasteiger partial charge in [-0.1, -0.05) is 12.7 Å². The largest absolute Gasteiger partial charge is 0.478 e. The number of rotatable bonds is 4. The molecule has 0 radical (unpaired) electrons. The number of carboxylic acid groups (broad SMARTS) is 1. The Labute approximate surface area is 75.3 Å². The number of carboxylic acids is 1. The first-order valence-corrected chi connectivity index (χ1v) is 3.60. The molecular formula is C8H9ClO3. The van der Waals surface area contributed by atoms with Crippen molar-refractivity contribution in [2.75, 3.05) is 0 Å². The molecule has 0 amide bonds. The van der Waals surface area contributed by atoms with Gasteiger partial charge in [-0.3, -0.25) is 4.79 Å². The van der Waals surface area contributed by atoms with Gasteiger partial charge in [0.1, 0.15) is 0 Å². The number of allylic oxidation sites excluding steroid dienone is 2. The molecule has 0 saturated heterocycles. The highest BCUT2D eigenvalue weighted by Gasteiger charge is 2.03. The van der Waals surface area contributed by atoms with Gasteiger partial charge in [-0.25, -0.2) is 4.79 Å². The van der Waals surface area contributed by atoms with E-state index in [9.17, 15) is 9.59 Å². The topological polar surface area (TPSA) is 54.4 Å². The smallest absolute Gasteiger partial charge is 0.331 e. The van der Waals surface area contributed by atoms with Crippen LogP contribution < -0.4 is 0 Å². The van der Waals surface area contributed by atoms with Crippen molar-refractivity contribution in [2.45, 2.75) is 13.3 Å². The third-order valence-corrected chi connectivity index (χ3v) is 1.57. The number of aliphatic carboxylic acids is 1. The van der Waals surface area contributed by atoms with Gasteiger partial charge in [-0.05, 0) is 24.9 Å². The minimum Gasteiger partial charge on any atom is -0.478 e. The zero-order valence-corrected chi connectivity index (χ0v) is 7.39. The highest BCUT2D eigenvalue weighted by atomic mass is 35.5. The van der Waals surface area contributed by atoms with Crippen LogP contribution in [0.1, 0.15) is 13.3 Å². The number of carbonyl (C=O) groups excluding carboxylic acids is 1. The van der Waals surface area contributed by atoms with Crippen LogP contribution >= 0.6 is 11.6 Å². The lowest BCUT2D eigenvalue weighted by molar-refractivity contribution is -0.132. The summed E-state index contributed by atoms with van der Waals surface area (Å²) in [5.41, 5.74) is 0.367. The second kappa shape index (κ2) is 4.72. The summed E-state index contributed by atoms with van der Waals surface area (Å²) in [6.45, 7) is 4.81. The predicted molar refractivity (Wildman–Crippen MR) is 46.0 cm³/mol. The van der Waals surface area contributed by atoms with E-state index >= 15 is 0 Å². The van der Waals surface area contributed by atoms with Crippen molar-refractivity contribution >= 4 is 22.8 Å². The summed E-state index contributed by atoms with van der Waals surface area (Å²) in [5, 5.41) is 7.81. The average molecular weight is 189 g/mol. The fraction of sp³-hybridized carbons (Fsp3) is 0.250. The Hall–Kier alpha value is -1.09. The molecule has 0 aliphatic carbocycles. The van der Waals surface area contributed by atoms with Crippen molar-refractivity contribution in [3.8, 4) is 0 Å². The van der Waals surface area contributed by atoms with Crippen molar-refractivity contribution in [3.63, 3.8) is 0 Å². The van der Waals surface area contributed by atoms with Crippen LogP contribution in [0.15, 0.2) is 23.8 Å². The van der Waals surface area contributed by atoms with Gasteiger partial charge in [0.15, 0.2) is 0 Å². The quantitative estimate of drug-likeness (QED) is 0.540. The second-order valence-electron chi connectivity index (χ2n) is 2.27. The van der Waals surface area contributed by atoms with Gasteiger partial charge in [0.2, 0.25) is 5.24 Å². The van der Waals surface area contributed by atoms with Gasteiger partial charge < -0.3 is 5.11 Å². The van der Waals surface area contributed by atoms with Crippen molar-refractivity contribution in [2.24, 2.45) is 0 Å². The summed E-state index contributed by atoms with van der Waals surface area (Å²) in [6.07, 6.45) is 1.57. The fourth-order valence-corrected chi connectivity index (χ4v) is 0.521. The van der Waals surface area contributed by atoms with E-state index in [0.29, 0.717) is 5.57 Å². The molecule has 0 saturated carbocycles. The van der Waals surface area contributed by atoms with E-state index in [1.165, 1.54) is 13.0 Å². The van der Waals surface area contributed by atoms with Crippen LogP contribution in [-0.4, -0.2) is 16.3 Å². The van der Waals surface area contributed by atoms with E-state index in [1.54, 1.807) is 0 Å². The molecule has 0 atom stereocenters. The molecule has 1 N–H and O–H groups in total. The van der Waals surface area contributed by atoms with Crippen LogP contribution in [0.25, 0.3) is 0 Å². The normalized spacial score (nSPS) is 11.0. The van der Waals surface area contributed by atoms with Crippen molar-refractivity contribution in [3.05, 3.63) is 23.8 Å². The summed E-state index contributed by atoms with van der Waals surface area (Å²) in [7, 11) is 0. The molecule has 12 heavy (non-hydrogen) atoms. The first-order chi connectivity index (χ1) is 5.45. The molecule has 4 heteroatoms. The predicted octanol–water partition coefficient (Wildman–Crippen LogP) is 1.73. The monoisotopic (exact) mass is 188 g/mol. The third kappa shape index (κ3) is 3.93. The van der Waals surface area contributed by atoms with Crippen LogP contribution in [0.4, 0.5) is 0 Å². The van der Waals surface area contributed by atoms with E-state index < -0.39 is 11.2 Å². The first kappa shape index (κ1) is 10.9. The summed E-state index contributed by atoms with van der Waals surface area (Å²) in [4.78, 5) is 20.7. The van der Waals surface area contributed by atoms with Crippen LogP contribution in [0.2, 0.25) is 0 Å². The Morgan fingerprint density at radius 2 is 2.08 bits per heavy atom.